The molecule has 0 unspecified atom stereocenters. The van der Waals surface area contributed by atoms with Gasteiger partial charge in [0.2, 0.25) is 5.95 Å². The highest BCUT2D eigenvalue weighted by Gasteiger charge is 2.11. The number of hydrogen-bond donors (Lipinski definition) is 2. The Bertz CT molecular complexity index is 735. The van der Waals surface area contributed by atoms with Crippen molar-refractivity contribution in [1.82, 2.24) is 20.2 Å². The van der Waals surface area contributed by atoms with E-state index in [9.17, 15) is 9.18 Å². The fourth-order valence-corrected chi connectivity index (χ4v) is 2.80. The number of hydrogen-bond acceptors (Lipinski definition) is 6. The maximum absolute atomic E-state index is 13.6. The molecular weight excluding hydrogens is 349 g/mol. The minimum Gasteiger partial charge on any atom is -0.379 e. The number of anilines is 1. The zero-order valence-electron chi connectivity index (χ0n) is 15.2. The fraction of sp³-hybridized carbons (Fsp3) is 0.421. The third-order valence-electron chi connectivity index (χ3n) is 4.37. The van der Waals surface area contributed by atoms with E-state index in [4.69, 9.17) is 4.74 Å². The first-order valence-corrected chi connectivity index (χ1v) is 9.10. The summed E-state index contributed by atoms with van der Waals surface area (Å²) in [6.07, 6.45) is 3.50. The lowest BCUT2D eigenvalue weighted by Gasteiger charge is -2.26. The number of rotatable bonds is 8. The Morgan fingerprint density at radius 1 is 1.15 bits per heavy atom. The largest absolute Gasteiger partial charge is 0.379 e. The molecule has 3 rings (SSSR count). The van der Waals surface area contributed by atoms with E-state index in [1.807, 2.05) is 0 Å². The first kappa shape index (κ1) is 19.2. The van der Waals surface area contributed by atoms with Crippen molar-refractivity contribution < 1.29 is 13.9 Å². The standard InChI is InChI=1S/C19H24FN5O2/c20-17-4-2-1-3-15(17)5-6-22-19-23-13-16(14-24-19)18(26)21-7-8-25-9-11-27-12-10-25/h1-4,13-14H,5-12H2,(H,21,26)(H,22,23,24). The van der Waals surface area contributed by atoms with Gasteiger partial charge in [0.15, 0.2) is 0 Å². The normalized spacial score (nSPS) is 14.7. The predicted octanol–water partition coefficient (Wildman–Crippen LogP) is 1.33. The Balaban J connectivity index is 1.39. The van der Waals surface area contributed by atoms with Crippen LogP contribution in [0.3, 0.4) is 0 Å². The highest BCUT2D eigenvalue weighted by molar-refractivity contribution is 5.93. The van der Waals surface area contributed by atoms with Gasteiger partial charge in [-0.25, -0.2) is 14.4 Å². The van der Waals surface area contributed by atoms with E-state index < -0.39 is 0 Å². The molecular formula is C19H24FN5O2. The lowest BCUT2D eigenvalue weighted by molar-refractivity contribution is 0.0383. The number of nitrogens with one attached hydrogen (secondary N) is 2. The van der Waals surface area contributed by atoms with E-state index in [0.717, 1.165) is 32.8 Å². The Kier molecular flexibility index (Phi) is 7.06. The topological polar surface area (TPSA) is 79.4 Å². The number of aromatic nitrogens is 2. The second-order valence-corrected chi connectivity index (χ2v) is 6.27. The molecule has 2 N–H and O–H groups in total. The highest BCUT2D eigenvalue weighted by atomic mass is 19.1. The van der Waals surface area contributed by atoms with Crippen molar-refractivity contribution >= 4 is 11.9 Å². The van der Waals surface area contributed by atoms with Gasteiger partial charge in [-0.1, -0.05) is 18.2 Å². The van der Waals surface area contributed by atoms with E-state index in [0.29, 0.717) is 36.6 Å². The number of amides is 1. The van der Waals surface area contributed by atoms with E-state index in [2.05, 4.69) is 25.5 Å². The number of halogens is 1. The van der Waals surface area contributed by atoms with Crippen LogP contribution in [0.25, 0.3) is 0 Å². The number of morpholine rings is 1. The van der Waals surface area contributed by atoms with Crippen LogP contribution in [-0.4, -0.2) is 66.7 Å². The molecule has 0 saturated carbocycles. The van der Waals surface area contributed by atoms with Crippen molar-refractivity contribution in [2.24, 2.45) is 0 Å². The van der Waals surface area contributed by atoms with Gasteiger partial charge in [0.05, 0.1) is 18.8 Å². The maximum Gasteiger partial charge on any atom is 0.254 e. The van der Waals surface area contributed by atoms with Gasteiger partial charge in [-0.05, 0) is 18.1 Å². The fourth-order valence-electron chi connectivity index (χ4n) is 2.80. The molecule has 144 valence electrons. The molecule has 1 aromatic heterocycles. The molecule has 0 radical (unpaired) electrons. The monoisotopic (exact) mass is 373 g/mol. The summed E-state index contributed by atoms with van der Waals surface area (Å²) in [6.45, 7) is 5.15. The van der Waals surface area contributed by atoms with Crippen LogP contribution in [0, 0.1) is 5.82 Å². The van der Waals surface area contributed by atoms with Crippen molar-refractivity contribution in [2.45, 2.75) is 6.42 Å². The molecule has 2 heterocycles. The smallest absolute Gasteiger partial charge is 0.254 e. The van der Waals surface area contributed by atoms with E-state index in [1.165, 1.54) is 18.5 Å². The summed E-state index contributed by atoms with van der Waals surface area (Å²) in [7, 11) is 0. The second kappa shape index (κ2) is 9.94. The van der Waals surface area contributed by atoms with Crippen LogP contribution in [0.2, 0.25) is 0 Å². The molecule has 0 aliphatic carbocycles. The van der Waals surface area contributed by atoms with Crippen LogP contribution in [0.1, 0.15) is 15.9 Å². The summed E-state index contributed by atoms with van der Waals surface area (Å²) in [5.74, 6) is 0.00156. The van der Waals surface area contributed by atoms with Crippen molar-refractivity contribution in [3.05, 3.63) is 53.6 Å². The Labute approximate surface area is 158 Å². The molecule has 1 aliphatic rings. The average molecular weight is 373 g/mol. The molecule has 1 aliphatic heterocycles. The molecule has 0 spiro atoms. The molecule has 1 saturated heterocycles. The van der Waals surface area contributed by atoms with Gasteiger partial charge in [0, 0.05) is 45.1 Å². The third-order valence-corrected chi connectivity index (χ3v) is 4.37. The summed E-state index contributed by atoms with van der Waals surface area (Å²) in [6, 6.07) is 6.67. The summed E-state index contributed by atoms with van der Waals surface area (Å²) >= 11 is 0. The van der Waals surface area contributed by atoms with E-state index in [-0.39, 0.29) is 11.7 Å². The molecule has 1 amide bonds. The number of nitrogens with zero attached hydrogens (tertiary/aromatic N) is 3. The zero-order chi connectivity index (χ0) is 18.9. The zero-order valence-corrected chi connectivity index (χ0v) is 15.2. The number of ether oxygens (including phenoxy) is 1. The van der Waals surface area contributed by atoms with Crippen LogP contribution >= 0.6 is 0 Å². The summed E-state index contributed by atoms with van der Waals surface area (Å²) in [4.78, 5) is 22.7. The molecule has 1 aromatic carbocycles. The lowest BCUT2D eigenvalue weighted by Crippen LogP contribution is -2.41. The number of benzene rings is 1. The van der Waals surface area contributed by atoms with Gasteiger partial charge in [0.1, 0.15) is 5.82 Å². The molecule has 2 aromatic rings. The van der Waals surface area contributed by atoms with Crippen molar-refractivity contribution in [1.29, 1.82) is 0 Å². The van der Waals surface area contributed by atoms with Gasteiger partial charge < -0.3 is 15.4 Å². The summed E-state index contributed by atoms with van der Waals surface area (Å²) < 4.78 is 18.9. The first-order chi connectivity index (χ1) is 13.2. The molecule has 27 heavy (non-hydrogen) atoms. The number of carbonyl (C=O) groups is 1. The highest BCUT2D eigenvalue weighted by Crippen LogP contribution is 2.07. The van der Waals surface area contributed by atoms with Crippen LogP contribution in [0.5, 0.6) is 0 Å². The quantitative estimate of drug-likeness (QED) is 0.727. The van der Waals surface area contributed by atoms with Crippen LogP contribution in [-0.2, 0) is 11.2 Å². The Hall–Kier alpha value is -2.58. The minimum atomic E-state index is -0.218. The van der Waals surface area contributed by atoms with Crippen LogP contribution in [0.15, 0.2) is 36.7 Å². The molecule has 0 bridgehead atoms. The molecule has 1 fully saturated rings. The Morgan fingerprint density at radius 3 is 2.63 bits per heavy atom. The van der Waals surface area contributed by atoms with Crippen molar-refractivity contribution in [3.8, 4) is 0 Å². The van der Waals surface area contributed by atoms with Crippen molar-refractivity contribution in [3.63, 3.8) is 0 Å². The predicted molar refractivity (Wildman–Crippen MR) is 100 cm³/mol. The van der Waals surface area contributed by atoms with Gasteiger partial charge >= 0.3 is 0 Å². The van der Waals surface area contributed by atoms with Crippen LogP contribution < -0.4 is 10.6 Å². The van der Waals surface area contributed by atoms with Gasteiger partial charge in [0.25, 0.3) is 5.91 Å². The SMILES string of the molecule is O=C(NCCN1CCOCC1)c1cnc(NCCc2ccccc2F)nc1. The Morgan fingerprint density at radius 2 is 1.89 bits per heavy atom. The molecule has 7 nitrogen and oxygen atoms in total. The maximum atomic E-state index is 13.6. The van der Waals surface area contributed by atoms with Gasteiger partial charge in [-0.2, -0.15) is 0 Å². The van der Waals surface area contributed by atoms with Crippen molar-refractivity contribution in [2.75, 3.05) is 51.3 Å². The minimum absolute atomic E-state index is 0.193. The third kappa shape index (κ3) is 5.97. The summed E-state index contributed by atoms with van der Waals surface area (Å²) in [5, 5.41) is 5.91. The number of carbonyl (C=O) groups excluding carboxylic acids is 1. The van der Waals surface area contributed by atoms with Gasteiger partial charge in [-0.3, -0.25) is 9.69 Å². The van der Waals surface area contributed by atoms with Gasteiger partial charge in [-0.15, -0.1) is 0 Å². The second-order valence-electron chi connectivity index (χ2n) is 6.27. The molecule has 8 heteroatoms. The van der Waals surface area contributed by atoms with Crippen LogP contribution in [0.4, 0.5) is 10.3 Å². The van der Waals surface area contributed by atoms with E-state index in [1.54, 1.807) is 18.2 Å². The van der Waals surface area contributed by atoms with E-state index >= 15 is 0 Å². The summed E-state index contributed by atoms with van der Waals surface area (Å²) in [5.41, 5.74) is 1.05. The average Bonchev–Trinajstić information content (AvgIpc) is 2.71. The first-order valence-electron chi connectivity index (χ1n) is 9.10. The lowest BCUT2D eigenvalue weighted by atomic mass is 10.1. The molecule has 0 atom stereocenters.